The second kappa shape index (κ2) is 10.0. The molecule has 0 aliphatic heterocycles. The summed E-state index contributed by atoms with van der Waals surface area (Å²) in [4.78, 5) is 28.2. The lowest BCUT2D eigenvalue weighted by Gasteiger charge is -2.17. The number of fused-ring (bicyclic) bond motifs is 1. The van der Waals surface area contributed by atoms with E-state index >= 15 is 0 Å². The van der Waals surface area contributed by atoms with E-state index in [4.69, 9.17) is 0 Å². The first-order valence-corrected chi connectivity index (χ1v) is 10.8. The average Bonchev–Trinajstić information content (AvgIpc) is 3.21. The van der Waals surface area contributed by atoms with Gasteiger partial charge in [0.25, 0.3) is 5.91 Å². The molecule has 0 fully saturated rings. The second-order valence-electron chi connectivity index (χ2n) is 8.07. The van der Waals surface area contributed by atoms with Crippen LogP contribution in [-0.2, 0) is 4.79 Å². The topological polar surface area (TPSA) is 97.6 Å². The molecule has 0 radical (unpaired) electrons. The van der Waals surface area contributed by atoms with E-state index in [1.165, 1.54) is 36.7 Å². The van der Waals surface area contributed by atoms with Gasteiger partial charge in [0.2, 0.25) is 5.91 Å². The van der Waals surface area contributed by atoms with Crippen LogP contribution >= 0.6 is 0 Å². The number of anilines is 1. The fourth-order valence-corrected chi connectivity index (χ4v) is 3.58. The molecule has 8 nitrogen and oxygen atoms in total. The Morgan fingerprint density at radius 1 is 1.03 bits per heavy atom. The van der Waals surface area contributed by atoms with Crippen molar-refractivity contribution in [1.82, 2.24) is 19.9 Å². The summed E-state index contributed by atoms with van der Waals surface area (Å²) in [5.74, 6) is -5.87. The minimum Gasteiger partial charge on any atom is -0.406 e. The first-order chi connectivity index (χ1) is 17.8. The molecule has 0 spiro atoms. The monoisotopic (exact) mass is 537 g/mol. The molecule has 0 saturated carbocycles. The first kappa shape index (κ1) is 26.4. The highest BCUT2D eigenvalue weighted by molar-refractivity contribution is 5.96. The third kappa shape index (κ3) is 5.85. The number of carbonyl (C=O) groups excluding carboxylic acids is 2. The predicted molar refractivity (Wildman–Crippen MR) is 122 cm³/mol. The Hall–Kier alpha value is -4.62. The van der Waals surface area contributed by atoms with Gasteiger partial charge in [-0.2, -0.15) is 5.10 Å². The summed E-state index contributed by atoms with van der Waals surface area (Å²) in [6.45, 7) is 2.53. The van der Waals surface area contributed by atoms with Crippen molar-refractivity contribution in [2.45, 2.75) is 26.3 Å². The van der Waals surface area contributed by atoms with Crippen molar-refractivity contribution in [2.75, 3.05) is 5.32 Å². The number of hydrogen-bond donors (Lipinski definition) is 2. The van der Waals surface area contributed by atoms with E-state index in [2.05, 4.69) is 25.5 Å². The summed E-state index contributed by atoms with van der Waals surface area (Å²) in [6.07, 6.45) is -3.64. The lowest BCUT2D eigenvalue weighted by Crippen LogP contribution is -2.28. The third-order valence-electron chi connectivity index (χ3n) is 5.21. The van der Waals surface area contributed by atoms with Crippen LogP contribution in [0.1, 0.15) is 35.8 Å². The largest absolute Gasteiger partial charge is 0.573 e. The molecule has 198 valence electrons. The van der Waals surface area contributed by atoms with Gasteiger partial charge in [-0.15, -0.1) is 13.2 Å². The van der Waals surface area contributed by atoms with Crippen molar-refractivity contribution in [3.05, 3.63) is 77.2 Å². The maximum atomic E-state index is 14.6. The maximum Gasteiger partial charge on any atom is 0.573 e. The lowest BCUT2D eigenvalue weighted by molar-refractivity contribution is -0.274. The predicted octanol–water partition coefficient (Wildman–Crippen LogP) is 5.16. The summed E-state index contributed by atoms with van der Waals surface area (Å²) in [5.41, 5.74) is -0.662. The number of halogens is 6. The van der Waals surface area contributed by atoms with E-state index in [0.29, 0.717) is 5.65 Å². The summed E-state index contributed by atoms with van der Waals surface area (Å²) >= 11 is 0. The van der Waals surface area contributed by atoms with Gasteiger partial charge in [0.15, 0.2) is 23.1 Å². The summed E-state index contributed by atoms with van der Waals surface area (Å²) in [7, 11) is 0. The molecule has 0 bridgehead atoms. The van der Waals surface area contributed by atoms with Crippen LogP contribution in [0.15, 0.2) is 48.7 Å². The van der Waals surface area contributed by atoms with Gasteiger partial charge in [0, 0.05) is 18.1 Å². The van der Waals surface area contributed by atoms with Crippen LogP contribution in [-0.4, -0.2) is 32.8 Å². The van der Waals surface area contributed by atoms with Gasteiger partial charge in [0.05, 0.1) is 23.5 Å². The highest BCUT2D eigenvalue weighted by Crippen LogP contribution is 2.29. The van der Waals surface area contributed by atoms with Gasteiger partial charge in [-0.3, -0.25) is 9.59 Å². The zero-order valence-corrected chi connectivity index (χ0v) is 19.5. The van der Waals surface area contributed by atoms with E-state index in [0.717, 1.165) is 30.3 Å². The molecular weight excluding hydrogens is 520 g/mol. The van der Waals surface area contributed by atoms with Crippen molar-refractivity contribution < 1.29 is 40.7 Å². The smallest absolute Gasteiger partial charge is 0.406 e. The number of alkyl halides is 3. The van der Waals surface area contributed by atoms with Gasteiger partial charge in [-0.1, -0.05) is 0 Å². The SMILES string of the molecule is CC(=O)Nc1cn2nc(-c3cc(F)c(F)c(C(=O)N[C@H](C)c4cc(OC(F)(F)F)ccc4F)c3)ccc2n1. The van der Waals surface area contributed by atoms with Crippen LogP contribution in [0.4, 0.5) is 32.2 Å². The van der Waals surface area contributed by atoms with Crippen LogP contribution in [0.2, 0.25) is 0 Å². The molecule has 2 aromatic carbocycles. The van der Waals surface area contributed by atoms with Gasteiger partial charge in [0.1, 0.15) is 11.6 Å². The van der Waals surface area contributed by atoms with E-state index in [9.17, 15) is 35.9 Å². The molecule has 2 N–H and O–H groups in total. The number of nitrogens with one attached hydrogen (secondary N) is 2. The van der Waals surface area contributed by atoms with Crippen LogP contribution in [0, 0.1) is 17.5 Å². The number of ether oxygens (including phenoxy) is 1. The number of imidazole rings is 1. The molecule has 38 heavy (non-hydrogen) atoms. The average molecular weight is 537 g/mol. The Bertz CT molecular complexity index is 1550. The van der Waals surface area contributed by atoms with Crippen molar-refractivity contribution in [1.29, 1.82) is 0 Å². The number of carbonyl (C=O) groups is 2. The molecule has 2 amide bonds. The summed E-state index contributed by atoms with van der Waals surface area (Å²) in [5, 5.41) is 8.95. The fourth-order valence-electron chi connectivity index (χ4n) is 3.58. The molecule has 14 heteroatoms. The zero-order valence-electron chi connectivity index (χ0n) is 19.5. The van der Waals surface area contributed by atoms with E-state index in [1.807, 2.05) is 0 Å². The van der Waals surface area contributed by atoms with Gasteiger partial charge in [-0.05, 0) is 49.4 Å². The Morgan fingerprint density at radius 3 is 2.45 bits per heavy atom. The van der Waals surface area contributed by atoms with Crippen LogP contribution in [0.25, 0.3) is 16.9 Å². The summed E-state index contributed by atoms with van der Waals surface area (Å²) < 4.78 is 85.9. The number of nitrogens with zero attached hydrogens (tertiary/aromatic N) is 3. The Labute approximate surface area is 210 Å². The third-order valence-corrected chi connectivity index (χ3v) is 5.21. The quantitative estimate of drug-likeness (QED) is 0.331. The minimum atomic E-state index is -5.03. The van der Waals surface area contributed by atoms with Crippen molar-refractivity contribution in [3.8, 4) is 17.0 Å². The molecule has 2 heterocycles. The summed E-state index contributed by atoms with van der Waals surface area (Å²) in [6, 6.07) is 5.71. The number of benzene rings is 2. The molecule has 4 rings (SSSR count). The number of aromatic nitrogens is 3. The maximum absolute atomic E-state index is 14.6. The van der Waals surface area contributed by atoms with Crippen LogP contribution in [0.5, 0.6) is 5.75 Å². The van der Waals surface area contributed by atoms with E-state index in [-0.39, 0.29) is 28.5 Å². The molecule has 4 aromatic rings. The normalized spacial score (nSPS) is 12.3. The molecule has 0 aliphatic carbocycles. The van der Waals surface area contributed by atoms with Crippen molar-refractivity contribution in [2.24, 2.45) is 0 Å². The lowest BCUT2D eigenvalue weighted by atomic mass is 10.0. The Balaban J connectivity index is 1.62. The zero-order chi connectivity index (χ0) is 27.8. The Kier molecular flexibility index (Phi) is 6.98. The molecule has 0 saturated heterocycles. The second-order valence-corrected chi connectivity index (χ2v) is 8.07. The van der Waals surface area contributed by atoms with Crippen LogP contribution in [0.3, 0.4) is 0 Å². The molecule has 2 aromatic heterocycles. The van der Waals surface area contributed by atoms with Crippen molar-refractivity contribution >= 4 is 23.3 Å². The highest BCUT2D eigenvalue weighted by atomic mass is 19.4. The molecule has 0 aliphatic rings. The standard InChI is InChI=1S/C24H17F6N5O3/c1-11(15-9-14(3-4-17(15)25)38-24(28,29)30)31-23(37)16-7-13(8-18(26)22(16)27)19-5-6-21-33-20(32-12(2)36)10-35(21)34-19/h3-11H,1-2H3,(H,31,37)(H,32,36)/t11-/m1/s1. The van der Waals surface area contributed by atoms with Gasteiger partial charge >= 0.3 is 6.36 Å². The van der Waals surface area contributed by atoms with Gasteiger partial charge < -0.3 is 15.4 Å². The van der Waals surface area contributed by atoms with E-state index < -0.39 is 47.1 Å². The molecule has 0 unspecified atom stereocenters. The number of hydrogen-bond acceptors (Lipinski definition) is 5. The van der Waals surface area contributed by atoms with Crippen molar-refractivity contribution in [3.63, 3.8) is 0 Å². The van der Waals surface area contributed by atoms with Gasteiger partial charge in [-0.25, -0.2) is 22.7 Å². The molecule has 1 atom stereocenters. The van der Waals surface area contributed by atoms with E-state index in [1.54, 1.807) is 0 Å². The first-order valence-electron chi connectivity index (χ1n) is 10.8. The fraction of sp³-hybridized carbons (Fsp3) is 0.167. The number of rotatable bonds is 6. The number of amides is 2. The Morgan fingerprint density at radius 2 is 1.76 bits per heavy atom. The molecular formula is C24H17F6N5O3. The van der Waals surface area contributed by atoms with Crippen LogP contribution < -0.4 is 15.4 Å². The minimum absolute atomic E-state index is 0.00475. The highest BCUT2D eigenvalue weighted by Gasteiger charge is 2.31.